The normalized spacial score (nSPS) is 12.9. The summed E-state index contributed by atoms with van der Waals surface area (Å²) in [5.41, 5.74) is 2.83. The van der Waals surface area contributed by atoms with Crippen molar-refractivity contribution in [3.8, 4) is 0 Å². The van der Waals surface area contributed by atoms with Crippen LogP contribution in [-0.2, 0) is 11.2 Å². The van der Waals surface area contributed by atoms with Gasteiger partial charge in [0, 0.05) is 19.3 Å². The van der Waals surface area contributed by atoms with E-state index in [-0.39, 0.29) is 0 Å². The van der Waals surface area contributed by atoms with Crippen LogP contribution in [0.5, 0.6) is 0 Å². The molecule has 1 N–H and O–H groups in total. The molecule has 0 bridgehead atoms. The number of ether oxygens (including phenoxy) is 1. The molecule has 0 fully saturated rings. The van der Waals surface area contributed by atoms with Gasteiger partial charge in [0.25, 0.3) is 0 Å². The Hall–Kier alpha value is -0.860. The van der Waals surface area contributed by atoms with Gasteiger partial charge in [-0.1, -0.05) is 38.1 Å². The predicted octanol–water partition coefficient (Wildman–Crippen LogP) is 3.76. The minimum Gasteiger partial charge on any atom is -0.382 e. The maximum atomic E-state index is 5.39. The van der Waals surface area contributed by atoms with Gasteiger partial charge in [0.15, 0.2) is 0 Å². The van der Waals surface area contributed by atoms with E-state index in [0.29, 0.717) is 12.0 Å². The molecule has 0 aliphatic carbocycles. The van der Waals surface area contributed by atoms with Crippen LogP contribution in [0.2, 0.25) is 0 Å². The van der Waals surface area contributed by atoms with Crippen LogP contribution in [0, 0.1) is 0 Å². The average Bonchev–Trinajstić information content (AvgIpc) is 2.42. The van der Waals surface area contributed by atoms with E-state index in [1.807, 2.05) is 14.0 Å². The van der Waals surface area contributed by atoms with Crippen molar-refractivity contribution < 1.29 is 4.74 Å². The highest BCUT2D eigenvalue weighted by Gasteiger charge is 2.07. The highest BCUT2D eigenvalue weighted by Crippen LogP contribution is 2.16. The summed E-state index contributed by atoms with van der Waals surface area (Å²) in [6, 6.07) is 9.59. The fourth-order valence-corrected chi connectivity index (χ4v) is 2.25. The van der Waals surface area contributed by atoms with Gasteiger partial charge in [0.05, 0.1) is 0 Å². The molecular formula is C17H29NO. The Bertz CT molecular complexity index is 332. The quantitative estimate of drug-likeness (QED) is 0.685. The van der Waals surface area contributed by atoms with E-state index in [0.717, 1.165) is 26.1 Å². The maximum Gasteiger partial charge on any atom is 0.0466 e. The molecule has 19 heavy (non-hydrogen) atoms. The lowest BCUT2D eigenvalue weighted by Crippen LogP contribution is -2.27. The van der Waals surface area contributed by atoms with Crippen LogP contribution in [0.3, 0.4) is 0 Å². The first-order valence-electron chi connectivity index (χ1n) is 7.51. The third-order valence-electron chi connectivity index (χ3n) is 3.58. The molecule has 1 unspecified atom stereocenters. The zero-order chi connectivity index (χ0) is 14.1. The molecule has 108 valence electrons. The number of rotatable bonds is 9. The Morgan fingerprint density at radius 3 is 2.37 bits per heavy atom. The SMILES string of the molecule is CCOCCCC(Cc1ccc(C(C)C)cc1)NC. The number of hydrogen-bond acceptors (Lipinski definition) is 2. The molecule has 2 nitrogen and oxygen atoms in total. The molecule has 0 aliphatic heterocycles. The van der Waals surface area contributed by atoms with Crippen molar-refractivity contribution >= 4 is 0 Å². The van der Waals surface area contributed by atoms with Gasteiger partial charge < -0.3 is 10.1 Å². The lowest BCUT2D eigenvalue weighted by atomic mass is 9.98. The highest BCUT2D eigenvalue weighted by molar-refractivity contribution is 5.25. The minimum absolute atomic E-state index is 0.547. The Morgan fingerprint density at radius 2 is 1.84 bits per heavy atom. The van der Waals surface area contributed by atoms with Gasteiger partial charge in [-0.05, 0) is 50.3 Å². The topological polar surface area (TPSA) is 21.3 Å². The molecule has 0 heterocycles. The molecule has 1 rings (SSSR count). The lowest BCUT2D eigenvalue weighted by Gasteiger charge is -2.16. The Morgan fingerprint density at radius 1 is 1.16 bits per heavy atom. The molecule has 0 aliphatic rings. The lowest BCUT2D eigenvalue weighted by molar-refractivity contribution is 0.141. The first-order chi connectivity index (χ1) is 9.17. The molecule has 0 radical (unpaired) electrons. The third kappa shape index (κ3) is 6.22. The highest BCUT2D eigenvalue weighted by atomic mass is 16.5. The Balaban J connectivity index is 2.41. The van der Waals surface area contributed by atoms with Crippen LogP contribution < -0.4 is 5.32 Å². The standard InChI is InChI=1S/C17H29NO/c1-5-19-12-6-7-17(18-4)13-15-8-10-16(11-9-15)14(2)3/h8-11,14,17-18H,5-7,12-13H2,1-4H3. The fraction of sp³-hybridized carbons (Fsp3) is 0.647. The van der Waals surface area contributed by atoms with E-state index >= 15 is 0 Å². The van der Waals surface area contributed by atoms with Gasteiger partial charge in [-0.2, -0.15) is 0 Å². The van der Waals surface area contributed by atoms with Gasteiger partial charge in [0.2, 0.25) is 0 Å². The van der Waals surface area contributed by atoms with Crippen LogP contribution >= 0.6 is 0 Å². The van der Waals surface area contributed by atoms with Crippen molar-refractivity contribution in [2.45, 2.75) is 52.0 Å². The monoisotopic (exact) mass is 263 g/mol. The van der Waals surface area contributed by atoms with Crippen molar-refractivity contribution in [1.82, 2.24) is 5.32 Å². The molecule has 1 aromatic carbocycles. The van der Waals surface area contributed by atoms with Crippen LogP contribution in [-0.4, -0.2) is 26.3 Å². The molecule has 0 saturated heterocycles. The number of nitrogens with one attached hydrogen (secondary N) is 1. The van der Waals surface area contributed by atoms with Gasteiger partial charge >= 0.3 is 0 Å². The molecule has 0 amide bonds. The van der Waals surface area contributed by atoms with Gasteiger partial charge in [-0.25, -0.2) is 0 Å². The summed E-state index contributed by atoms with van der Waals surface area (Å²) in [6.45, 7) is 8.21. The second-order valence-electron chi connectivity index (χ2n) is 5.43. The van der Waals surface area contributed by atoms with Gasteiger partial charge in [-0.15, -0.1) is 0 Å². The second-order valence-corrected chi connectivity index (χ2v) is 5.43. The van der Waals surface area contributed by atoms with Crippen molar-refractivity contribution in [2.75, 3.05) is 20.3 Å². The summed E-state index contributed by atoms with van der Waals surface area (Å²) in [6.07, 6.45) is 3.40. The molecule has 1 aromatic rings. The first-order valence-corrected chi connectivity index (χ1v) is 7.51. The zero-order valence-electron chi connectivity index (χ0n) is 12.9. The van der Waals surface area contributed by atoms with E-state index in [1.165, 1.54) is 17.5 Å². The van der Waals surface area contributed by atoms with Crippen LogP contribution in [0.25, 0.3) is 0 Å². The van der Waals surface area contributed by atoms with Gasteiger partial charge in [-0.3, -0.25) is 0 Å². The Labute approximate surface area is 118 Å². The van der Waals surface area contributed by atoms with Crippen molar-refractivity contribution in [3.05, 3.63) is 35.4 Å². The molecule has 0 spiro atoms. The van der Waals surface area contributed by atoms with E-state index in [2.05, 4.69) is 43.4 Å². The van der Waals surface area contributed by atoms with Crippen molar-refractivity contribution in [1.29, 1.82) is 0 Å². The van der Waals surface area contributed by atoms with Crippen molar-refractivity contribution in [2.24, 2.45) is 0 Å². The molecule has 1 atom stereocenters. The van der Waals surface area contributed by atoms with E-state index in [1.54, 1.807) is 0 Å². The number of likely N-dealkylation sites (N-methyl/N-ethyl adjacent to an activating group) is 1. The fourth-order valence-electron chi connectivity index (χ4n) is 2.25. The molecular weight excluding hydrogens is 234 g/mol. The second kappa shape index (κ2) is 9.11. The number of benzene rings is 1. The van der Waals surface area contributed by atoms with Crippen LogP contribution in [0.15, 0.2) is 24.3 Å². The van der Waals surface area contributed by atoms with Crippen LogP contribution in [0.1, 0.15) is 50.7 Å². The maximum absolute atomic E-state index is 5.39. The largest absolute Gasteiger partial charge is 0.382 e. The Kier molecular flexibility index (Phi) is 7.76. The summed E-state index contributed by atoms with van der Waals surface area (Å²) in [7, 11) is 2.05. The van der Waals surface area contributed by atoms with Crippen LogP contribution in [0.4, 0.5) is 0 Å². The smallest absolute Gasteiger partial charge is 0.0466 e. The van der Waals surface area contributed by atoms with E-state index < -0.39 is 0 Å². The van der Waals surface area contributed by atoms with Gasteiger partial charge in [0.1, 0.15) is 0 Å². The third-order valence-corrected chi connectivity index (χ3v) is 3.58. The summed E-state index contributed by atoms with van der Waals surface area (Å²) >= 11 is 0. The summed E-state index contributed by atoms with van der Waals surface area (Å²) in [4.78, 5) is 0. The number of hydrogen-bond donors (Lipinski definition) is 1. The average molecular weight is 263 g/mol. The summed E-state index contributed by atoms with van der Waals surface area (Å²) in [5, 5.41) is 3.41. The van der Waals surface area contributed by atoms with E-state index in [4.69, 9.17) is 4.74 Å². The summed E-state index contributed by atoms with van der Waals surface area (Å²) < 4.78 is 5.39. The molecule has 0 saturated carbocycles. The molecule has 2 heteroatoms. The zero-order valence-corrected chi connectivity index (χ0v) is 12.9. The summed E-state index contributed by atoms with van der Waals surface area (Å²) in [5.74, 6) is 0.611. The predicted molar refractivity (Wildman–Crippen MR) is 82.8 cm³/mol. The van der Waals surface area contributed by atoms with Crippen molar-refractivity contribution in [3.63, 3.8) is 0 Å². The molecule has 0 aromatic heterocycles. The minimum atomic E-state index is 0.547. The van der Waals surface area contributed by atoms with E-state index in [9.17, 15) is 0 Å². The first kappa shape index (κ1) is 16.2.